The van der Waals surface area contributed by atoms with E-state index in [1.165, 1.54) is 6.07 Å². The molecule has 0 radical (unpaired) electrons. The lowest BCUT2D eigenvalue weighted by Crippen LogP contribution is -2.52. The Morgan fingerprint density at radius 2 is 1.80 bits per heavy atom. The van der Waals surface area contributed by atoms with Crippen LogP contribution in [0.15, 0.2) is 48.5 Å². The van der Waals surface area contributed by atoms with E-state index in [1.807, 2.05) is 11.8 Å². The fourth-order valence-electron chi connectivity index (χ4n) is 3.42. The third kappa shape index (κ3) is 5.21. The molecule has 0 spiro atoms. The zero-order chi connectivity index (χ0) is 21.7. The summed E-state index contributed by atoms with van der Waals surface area (Å²) in [5.74, 6) is -0.0558. The highest BCUT2D eigenvalue weighted by molar-refractivity contribution is 7.92. The zero-order valence-electron chi connectivity index (χ0n) is 17.1. The van der Waals surface area contributed by atoms with Gasteiger partial charge in [0.15, 0.2) is 0 Å². The molecule has 1 amide bonds. The zero-order valence-corrected chi connectivity index (χ0v) is 17.9. The predicted molar refractivity (Wildman–Crippen MR) is 115 cm³/mol. The summed E-state index contributed by atoms with van der Waals surface area (Å²) in [5.41, 5.74) is 0.886. The van der Waals surface area contributed by atoms with E-state index in [2.05, 4.69) is 0 Å². The second kappa shape index (κ2) is 9.34. The number of rotatable bonds is 7. The molecule has 2 aromatic rings. The molecule has 0 N–H and O–H groups in total. The van der Waals surface area contributed by atoms with E-state index in [0.29, 0.717) is 49.9 Å². The Morgan fingerprint density at radius 1 is 1.10 bits per heavy atom. The largest absolute Gasteiger partial charge is 0.494 e. The first kappa shape index (κ1) is 21.9. The Morgan fingerprint density at radius 3 is 2.43 bits per heavy atom. The van der Waals surface area contributed by atoms with Crippen LogP contribution in [0.2, 0.25) is 0 Å². The van der Waals surface area contributed by atoms with Gasteiger partial charge in [0.2, 0.25) is 15.9 Å². The molecule has 1 fully saturated rings. The molecular weight excluding hydrogens is 409 g/mol. The van der Waals surface area contributed by atoms with E-state index in [9.17, 15) is 17.6 Å². The second-order valence-corrected chi connectivity index (χ2v) is 8.93. The molecule has 9 heteroatoms. The molecule has 2 aromatic carbocycles. The van der Waals surface area contributed by atoms with Crippen molar-refractivity contribution < 1.29 is 22.3 Å². The van der Waals surface area contributed by atoms with Crippen molar-refractivity contribution in [1.29, 1.82) is 0 Å². The van der Waals surface area contributed by atoms with Crippen LogP contribution in [0.5, 0.6) is 5.75 Å². The first-order chi connectivity index (χ1) is 14.3. The van der Waals surface area contributed by atoms with Gasteiger partial charge >= 0.3 is 0 Å². The molecule has 0 aromatic heterocycles. The van der Waals surface area contributed by atoms with E-state index < -0.39 is 10.0 Å². The average Bonchev–Trinajstić information content (AvgIpc) is 2.72. The van der Waals surface area contributed by atoms with Crippen molar-refractivity contribution in [1.82, 2.24) is 4.90 Å². The molecule has 1 aliphatic heterocycles. The number of para-hydroxylation sites is 1. The maximum absolute atomic E-state index is 14.0. The molecule has 1 heterocycles. The van der Waals surface area contributed by atoms with Gasteiger partial charge in [0.1, 0.15) is 18.1 Å². The molecule has 1 aliphatic rings. The van der Waals surface area contributed by atoms with E-state index in [0.717, 1.165) is 10.6 Å². The first-order valence-corrected chi connectivity index (χ1v) is 11.6. The Balaban J connectivity index is 1.69. The quantitative estimate of drug-likeness (QED) is 0.668. The van der Waals surface area contributed by atoms with Gasteiger partial charge in [-0.15, -0.1) is 0 Å². The molecule has 0 bridgehead atoms. The fourth-order valence-corrected chi connectivity index (χ4v) is 4.26. The maximum Gasteiger partial charge on any atom is 0.243 e. The van der Waals surface area contributed by atoms with Gasteiger partial charge in [-0.25, -0.2) is 12.8 Å². The molecule has 162 valence electrons. The van der Waals surface area contributed by atoms with Gasteiger partial charge in [-0.3, -0.25) is 9.10 Å². The van der Waals surface area contributed by atoms with Crippen molar-refractivity contribution in [2.24, 2.45) is 0 Å². The summed E-state index contributed by atoms with van der Waals surface area (Å²) in [7, 11) is -3.67. The Bertz CT molecular complexity index is 991. The summed E-state index contributed by atoms with van der Waals surface area (Å²) in [6.45, 7) is 3.73. The van der Waals surface area contributed by atoms with Crippen LogP contribution in [0.1, 0.15) is 6.92 Å². The van der Waals surface area contributed by atoms with Crippen molar-refractivity contribution in [2.45, 2.75) is 6.92 Å². The monoisotopic (exact) mass is 435 g/mol. The highest BCUT2D eigenvalue weighted by Crippen LogP contribution is 2.24. The SMILES string of the molecule is CCOc1cccc(N(CC(=O)N2CCN(c3ccccc3F)CC2)S(C)(=O)=O)c1. The number of benzene rings is 2. The fraction of sp³-hybridized carbons (Fsp3) is 0.381. The minimum absolute atomic E-state index is 0.296. The lowest BCUT2D eigenvalue weighted by atomic mass is 10.2. The summed E-state index contributed by atoms with van der Waals surface area (Å²) in [6, 6.07) is 13.2. The molecule has 7 nitrogen and oxygen atoms in total. The topological polar surface area (TPSA) is 70.2 Å². The van der Waals surface area contributed by atoms with Crippen LogP contribution in [0.25, 0.3) is 0 Å². The van der Waals surface area contributed by atoms with Crippen molar-refractivity contribution in [3.8, 4) is 5.75 Å². The van der Waals surface area contributed by atoms with E-state index in [4.69, 9.17) is 4.74 Å². The maximum atomic E-state index is 14.0. The lowest BCUT2D eigenvalue weighted by molar-refractivity contribution is -0.129. The lowest BCUT2D eigenvalue weighted by Gasteiger charge is -2.37. The number of piperazine rings is 1. The number of nitrogens with zero attached hydrogens (tertiary/aromatic N) is 3. The highest BCUT2D eigenvalue weighted by atomic mass is 32.2. The van der Waals surface area contributed by atoms with Crippen LogP contribution < -0.4 is 13.9 Å². The predicted octanol–water partition coefficient (Wildman–Crippen LogP) is 2.34. The smallest absolute Gasteiger partial charge is 0.243 e. The van der Waals surface area contributed by atoms with Gasteiger partial charge in [-0.1, -0.05) is 18.2 Å². The number of halogens is 1. The van der Waals surface area contributed by atoms with Gasteiger partial charge in [0.05, 0.1) is 24.2 Å². The number of carbonyl (C=O) groups excluding carboxylic acids is 1. The number of sulfonamides is 1. The highest BCUT2D eigenvalue weighted by Gasteiger charge is 2.27. The Kier molecular flexibility index (Phi) is 6.81. The molecule has 1 saturated heterocycles. The summed E-state index contributed by atoms with van der Waals surface area (Å²) in [6.07, 6.45) is 1.07. The number of hydrogen-bond donors (Lipinski definition) is 0. The first-order valence-electron chi connectivity index (χ1n) is 9.77. The van der Waals surface area contributed by atoms with E-state index in [-0.39, 0.29) is 18.3 Å². The van der Waals surface area contributed by atoms with Crippen LogP contribution in [-0.4, -0.2) is 64.8 Å². The van der Waals surface area contributed by atoms with Gasteiger partial charge in [-0.2, -0.15) is 0 Å². The number of ether oxygens (including phenoxy) is 1. The average molecular weight is 436 g/mol. The minimum atomic E-state index is -3.67. The standard InChI is InChI=1S/C21H26FN3O4S/c1-3-29-18-8-6-7-17(15-18)25(30(2,27)28)16-21(26)24-13-11-23(12-14-24)20-10-5-4-9-19(20)22/h4-10,15H,3,11-14,16H2,1-2H3. The third-order valence-corrected chi connectivity index (χ3v) is 6.06. The van der Waals surface area contributed by atoms with Crippen LogP contribution >= 0.6 is 0 Å². The molecular formula is C21H26FN3O4S. The minimum Gasteiger partial charge on any atom is -0.494 e. The number of hydrogen-bond acceptors (Lipinski definition) is 5. The summed E-state index contributed by atoms with van der Waals surface area (Å²) in [4.78, 5) is 16.3. The van der Waals surface area contributed by atoms with Gasteiger partial charge in [-0.05, 0) is 31.2 Å². The molecule has 0 aliphatic carbocycles. The summed E-state index contributed by atoms with van der Waals surface area (Å²) < 4.78 is 45.2. The molecule has 30 heavy (non-hydrogen) atoms. The number of amides is 1. The Labute approximate surface area is 176 Å². The van der Waals surface area contributed by atoms with Gasteiger partial charge in [0, 0.05) is 32.2 Å². The van der Waals surface area contributed by atoms with Crippen LogP contribution in [0, 0.1) is 5.82 Å². The molecule has 3 rings (SSSR count). The van der Waals surface area contributed by atoms with Crippen LogP contribution in [-0.2, 0) is 14.8 Å². The normalized spacial score (nSPS) is 14.5. The summed E-state index contributed by atoms with van der Waals surface area (Å²) >= 11 is 0. The van der Waals surface area contributed by atoms with E-state index >= 15 is 0 Å². The molecule has 0 unspecified atom stereocenters. The number of carbonyl (C=O) groups is 1. The van der Waals surface area contributed by atoms with Crippen molar-refractivity contribution in [3.63, 3.8) is 0 Å². The van der Waals surface area contributed by atoms with Crippen molar-refractivity contribution >= 4 is 27.3 Å². The van der Waals surface area contributed by atoms with Gasteiger partial charge < -0.3 is 14.5 Å². The van der Waals surface area contributed by atoms with Crippen LogP contribution in [0.4, 0.5) is 15.8 Å². The van der Waals surface area contributed by atoms with E-state index in [1.54, 1.807) is 47.4 Å². The Hall–Kier alpha value is -2.81. The third-order valence-electron chi connectivity index (χ3n) is 4.92. The number of anilines is 2. The summed E-state index contributed by atoms with van der Waals surface area (Å²) in [5, 5.41) is 0. The molecule has 0 atom stereocenters. The van der Waals surface area contributed by atoms with Crippen molar-refractivity contribution in [2.75, 3.05) is 54.8 Å². The van der Waals surface area contributed by atoms with Gasteiger partial charge in [0.25, 0.3) is 0 Å². The van der Waals surface area contributed by atoms with Crippen LogP contribution in [0.3, 0.4) is 0 Å². The second-order valence-electron chi connectivity index (χ2n) is 7.02. The van der Waals surface area contributed by atoms with Crippen molar-refractivity contribution in [3.05, 3.63) is 54.3 Å². The molecule has 0 saturated carbocycles.